The second kappa shape index (κ2) is 7.00. The number of hydrogen-bond donors (Lipinski definition) is 1. The molecule has 0 bridgehead atoms. The molecule has 0 aromatic heterocycles. The number of nitrogens with zero attached hydrogens (tertiary/aromatic N) is 1. The summed E-state index contributed by atoms with van der Waals surface area (Å²) in [6.45, 7) is 7.33. The second-order valence-electron chi connectivity index (χ2n) is 5.71. The van der Waals surface area contributed by atoms with E-state index < -0.39 is 0 Å². The average molecular weight is 240 g/mol. The van der Waals surface area contributed by atoms with Gasteiger partial charge in [0.05, 0.1) is 6.04 Å². The Morgan fingerprint density at radius 2 is 2.12 bits per heavy atom. The average Bonchev–Trinajstić information content (AvgIpc) is 2.28. The van der Waals surface area contributed by atoms with Crippen molar-refractivity contribution in [1.82, 2.24) is 4.90 Å². The number of rotatable bonds is 5. The van der Waals surface area contributed by atoms with E-state index >= 15 is 0 Å². The molecule has 0 spiro atoms. The highest BCUT2D eigenvalue weighted by atomic mass is 16.2. The van der Waals surface area contributed by atoms with Crippen LogP contribution in [0.15, 0.2) is 0 Å². The number of piperidine rings is 1. The van der Waals surface area contributed by atoms with Gasteiger partial charge in [0.2, 0.25) is 5.91 Å². The standard InChI is InChI=1S/C14H28N2O/c1-4-7-12-8-5-6-9-16(12)14(17)13(15)10-11(2)3/h11-13H,4-10,15H2,1-3H3/t12?,13-/m1/s1. The molecule has 0 radical (unpaired) electrons. The fourth-order valence-electron chi connectivity index (χ4n) is 2.75. The first-order valence-corrected chi connectivity index (χ1v) is 7.12. The summed E-state index contributed by atoms with van der Waals surface area (Å²) in [4.78, 5) is 14.4. The normalized spacial score (nSPS) is 22.9. The molecule has 1 rings (SSSR count). The van der Waals surface area contributed by atoms with Gasteiger partial charge in [-0.25, -0.2) is 0 Å². The minimum absolute atomic E-state index is 0.178. The smallest absolute Gasteiger partial charge is 0.239 e. The molecule has 2 N–H and O–H groups in total. The summed E-state index contributed by atoms with van der Waals surface area (Å²) < 4.78 is 0. The van der Waals surface area contributed by atoms with Crippen LogP contribution in [0.3, 0.4) is 0 Å². The highest BCUT2D eigenvalue weighted by molar-refractivity contribution is 5.82. The van der Waals surface area contributed by atoms with Crippen LogP contribution in [0.1, 0.15) is 59.3 Å². The van der Waals surface area contributed by atoms with E-state index in [0.717, 1.165) is 38.6 Å². The van der Waals surface area contributed by atoms with Gasteiger partial charge in [0.25, 0.3) is 0 Å². The molecule has 0 aromatic rings. The first-order valence-electron chi connectivity index (χ1n) is 7.12. The molecule has 3 nitrogen and oxygen atoms in total. The Labute approximate surface area is 106 Å². The topological polar surface area (TPSA) is 46.3 Å². The summed E-state index contributed by atoms with van der Waals surface area (Å²) in [7, 11) is 0. The first kappa shape index (κ1) is 14.5. The summed E-state index contributed by atoms with van der Waals surface area (Å²) in [6, 6.07) is 0.145. The quantitative estimate of drug-likeness (QED) is 0.802. The van der Waals surface area contributed by atoms with Crippen molar-refractivity contribution in [2.45, 2.75) is 71.4 Å². The highest BCUT2D eigenvalue weighted by Crippen LogP contribution is 2.22. The SMILES string of the molecule is CCCC1CCCCN1C(=O)[C@H](N)CC(C)C. The number of amides is 1. The van der Waals surface area contributed by atoms with Crippen molar-refractivity contribution in [3.63, 3.8) is 0 Å². The van der Waals surface area contributed by atoms with Gasteiger partial charge in [-0.2, -0.15) is 0 Å². The maximum absolute atomic E-state index is 12.3. The van der Waals surface area contributed by atoms with Crippen molar-refractivity contribution >= 4 is 5.91 Å². The van der Waals surface area contributed by atoms with Gasteiger partial charge in [-0.1, -0.05) is 27.2 Å². The lowest BCUT2D eigenvalue weighted by atomic mass is 9.96. The zero-order chi connectivity index (χ0) is 12.8. The largest absolute Gasteiger partial charge is 0.338 e. The fraction of sp³-hybridized carbons (Fsp3) is 0.929. The van der Waals surface area contributed by atoms with Crippen molar-refractivity contribution in [2.24, 2.45) is 11.7 Å². The molecule has 1 aliphatic rings. The Kier molecular flexibility index (Phi) is 5.96. The molecule has 1 heterocycles. The summed E-state index contributed by atoms with van der Waals surface area (Å²) >= 11 is 0. The van der Waals surface area contributed by atoms with Crippen LogP contribution < -0.4 is 5.73 Å². The fourth-order valence-corrected chi connectivity index (χ4v) is 2.75. The molecule has 1 fully saturated rings. The van der Waals surface area contributed by atoms with Crippen molar-refractivity contribution in [3.05, 3.63) is 0 Å². The molecule has 1 unspecified atom stereocenters. The van der Waals surface area contributed by atoms with Gasteiger partial charge in [-0.05, 0) is 38.0 Å². The van der Waals surface area contributed by atoms with E-state index in [2.05, 4.69) is 25.7 Å². The Balaban J connectivity index is 2.57. The van der Waals surface area contributed by atoms with Crippen LogP contribution in [-0.2, 0) is 4.79 Å². The lowest BCUT2D eigenvalue weighted by Gasteiger charge is -2.37. The summed E-state index contributed by atoms with van der Waals surface area (Å²) in [5.41, 5.74) is 6.02. The molecule has 3 heteroatoms. The zero-order valence-corrected chi connectivity index (χ0v) is 11.6. The van der Waals surface area contributed by atoms with Gasteiger partial charge in [0.1, 0.15) is 0 Å². The Bertz CT molecular complexity index is 238. The van der Waals surface area contributed by atoms with Gasteiger partial charge >= 0.3 is 0 Å². The van der Waals surface area contributed by atoms with Gasteiger partial charge in [-0.3, -0.25) is 4.79 Å². The third kappa shape index (κ3) is 4.30. The Morgan fingerprint density at radius 3 is 2.71 bits per heavy atom. The molecule has 17 heavy (non-hydrogen) atoms. The molecule has 1 amide bonds. The number of carbonyl (C=O) groups is 1. The Morgan fingerprint density at radius 1 is 1.41 bits per heavy atom. The lowest BCUT2D eigenvalue weighted by Crippen LogP contribution is -2.51. The van der Waals surface area contributed by atoms with E-state index in [1.54, 1.807) is 0 Å². The molecule has 0 saturated carbocycles. The molecule has 100 valence electrons. The Hall–Kier alpha value is -0.570. The van der Waals surface area contributed by atoms with Crippen molar-refractivity contribution in [2.75, 3.05) is 6.54 Å². The van der Waals surface area contributed by atoms with Gasteiger partial charge in [-0.15, -0.1) is 0 Å². The number of likely N-dealkylation sites (tertiary alicyclic amines) is 1. The van der Waals surface area contributed by atoms with Crippen LogP contribution in [0.2, 0.25) is 0 Å². The van der Waals surface area contributed by atoms with E-state index in [9.17, 15) is 4.79 Å². The van der Waals surface area contributed by atoms with Crippen molar-refractivity contribution < 1.29 is 4.79 Å². The van der Waals surface area contributed by atoms with Gasteiger partial charge in [0.15, 0.2) is 0 Å². The van der Waals surface area contributed by atoms with Gasteiger partial charge < -0.3 is 10.6 Å². The summed E-state index contributed by atoms with van der Waals surface area (Å²) in [5.74, 6) is 0.667. The minimum atomic E-state index is -0.299. The van der Waals surface area contributed by atoms with Crippen LogP contribution >= 0.6 is 0 Å². The predicted molar refractivity (Wildman–Crippen MR) is 71.7 cm³/mol. The van der Waals surface area contributed by atoms with Crippen molar-refractivity contribution in [3.8, 4) is 0 Å². The first-order chi connectivity index (χ1) is 8.06. The third-order valence-corrected chi connectivity index (χ3v) is 3.57. The lowest BCUT2D eigenvalue weighted by molar-refractivity contribution is -0.136. The number of hydrogen-bond acceptors (Lipinski definition) is 2. The van der Waals surface area contributed by atoms with E-state index in [-0.39, 0.29) is 11.9 Å². The monoisotopic (exact) mass is 240 g/mol. The summed E-state index contributed by atoms with van der Waals surface area (Å²) in [6.07, 6.45) is 6.63. The third-order valence-electron chi connectivity index (χ3n) is 3.57. The van der Waals surface area contributed by atoms with Gasteiger partial charge in [0, 0.05) is 12.6 Å². The maximum Gasteiger partial charge on any atom is 0.239 e. The molecular weight excluding hydrogens is 212 g/mol. The number of carbonyl (C=O) groups excluding carboxylic acids is 1. The van der Waals surface area contributed by atoms with Crippen LogP contribution in [0.4, 0.5) is 0 Å². The van der Waals surface area contributed by atoms with E-state index in [1.807, 2.05) is 0 Å². The highest BCUT2D eigenvalue weighted by Gasteiger charge is 2.29. The van der Waals surface area contributed by atoms with Crippen molar-refractivity contribution in [1.29, 1.82) is 0 Å². The molecule has 1 aliphatic heterocycles. The van der Waals surface area contributed by atoms with Crippen LogP contribution in [0.25, 0.3) is 0 Å². The molecule has 1 saturated heterocycles. The van der Waals surface area contributed by atoms with Crippen LogP contribution in [0.5, 0.6) is 0 Å². The predicted octanol–water partition coefficient (Wildman–Crippen LogP) is 2.54. The number of nitrogens with two attached hydrogens (primary N) is 1. The van der Waals surface area contributed by atoms with Crippen LogP contribution in [-0.4, -0.2) is 29.4 Å². The summed E-state index contributed by atoms with van der Waals surface area (Å²) in [5, 5.41) is 0. The molecular formula is C14H28N2O. The zero-order valence-electron chi connectivity index (χ0n) is 11.6. The minimum Gasteiger partial charge on any atom is -0.338 e. The van der Waals surface area contributed by atoms with E-state index in [0.29, 0.717) is 12.0 Å². The molecule has 2 atom stereocenters. The maximum atomic E-state index is 12.3. The van der Waals surface area contributed by atoms with Crippen LogP contribution in [0, 0.1) is 5.92 Å². The van der Waals surface area contributed by atoms with E-state index in [4.69, 9.17) is 5.73 Å². The molecule has 0 aromatic carbocycles. The molecule has 0 aliphatic carbocycles. The second-order valence-corrected chi connectivity index (χ2v) is 5.71. The van der Waals surface area contributed by atoms with E-state index in [1.165, 1.54) is 6.42 Å².